The van der Waals surface area contributed by atoms with Gasteiger partial charge in [-0.15, -0.1) is 0 Å². The lowest BCUT2D eigenvalue weighted by Crippen LogP contribution is -2.28. The van der Waals surface area contributed by atoms with Crippen LogP contribution in [0.25, 0.3) is 10.9 Å². The van der Waals surface area contributed by atoms with E-state index in [0.717, 1.165) is 17.5 Å². The summed E-state index contributed by atoms with van der Waals surface area (Å²) in [6.45, 7) is 0.198. The average molecular weight is 367 g/mol. The summed E-state index contributed by atoms with van der Waals surface area (Å²) in [5.74, 6) is -3.22. The Bertz CT molecular complexity index is 1050. The van der Waals surface area contributed by atoms with Gasteiger partial charge >= 0.3 is 0 Å². The zero-order valence-electron chi connectivity index (χ0n) is 14.2. The number of rotatable bonds is 3. The molecule has 1 N–H and O–H groups in total. The molecule has 7 heteroatoms. The first-order valence-electron chi connectivity index (χ1n) is 8.43. The van der Waals surface area contributed by atoms with E-state index in [9.17, 15) is 18.4 Å². The normalized spacial score (nSPS) is 16.7. The second-order valence-corrected chi connectivity index (χ2v) is 6.38. The van der Waals surface area contributed by atoms with Crippen LogP contribution < -0.4 is 10.2 Å². The van der Waals surface area contributed by atoms with Crippen LogP contribution in [0.3, 0.4) is 0 Å². The number of anilines is 2. The first kappa shape index (κ1) is 17.1. The minimum atomic E-state index is -1.04. The highest BCUT2D eigenvalue weighted by Crippen LogP contribution is 2.31. The van der Waals surface area contributed by atoms with E-state index < -0.39 is 23.5 Å². The van der Waals surface area contributed by atoms with Crippen LogP contribution in [-0.4, -0.2) is 23.3 Å². The molecule has 5 nitrogen and oxygen atoms in total. The minimum Gasteiger partial charge on any atom is -0.326 e. The van der Waals surface area contributed by atoms with E-state index in [1.165, 1.54) is 6.07 Å². The molecule has 2 heterocycles. The monoisotopic (exact) mass is 367 g/mol. The van der Waals surface area contributed by atoms with Gasteiger partial charge in [0.25, 0.3) is 0 Å². The molecule has 1 fully saturated rings. The summed E-state index contributed by atoms with van der Waals surface area (Å²) in [6.07, 6.45) is 1.69. The summed E-state index contributed by atoms with van der Waals surface area (Å²) in [6, 6.07) is 12.4. The molecule has 136 valence electrons. The van der Waals surface area contributed by atoms with E-state index in [1.807, 2.05) is 24.3 Å². The Kier molecular flexibility index (Phi) is 4.27. The van der Waals surface area contributed by atoms with Crippen LogP contribution >= 0.6 is 0 Å². The summed E-state index contributed by atoms with van der Waals surface area (Å²) in [5, 5.41) is 3.44. The van der Waals surface area contributed by atoms with E-state index in [0.29, 0.717) is 11.2 Å². The number of aromatic nitrogens is 1. The fraction of sp³-hybridized carbons (Fsp3) is 0.150. The van der Waals surface area contributed by atoms with Crippen molar-refractivity contribution in [1.29, 1.82) is 0 Å². The highest BCUT2D eigenvalue weighted by molar-refractivity contribution is 6.07. The lowest BCUT2D eigenvalue weighted by molar-refractivity contribution is -0.122. The van der Waals surface area contributed by atoms with Gasteiger partial charge in [-0.05, 0) is 24.3 Å². The molecule has 1 aliphatic rings. The molecule has 27 heavy (non-hydrogen) atoms. The van der Waals surface area contributed by atoms with Crippen LogP contribution in [0.1, 0.15) is 6.42 Å². The molecule has 1 unspecified atom stereocenters. The Labute approximate surface area is 153 Å². The molecule has 0 radical (unpaired) electrons. The van der Waals surface area contributed by atoms with E-state index >= 15 is 0 Å². The van der Waals surface area contributed by atoms with E-state index in [4.69, 9.17) is 0 Å². The van der Waals surface area contributed by atoms with Gasteiger partial charge in [0.1, 0.15) is 0 Å². The van der Waals surface area contributed by atoms with Crippen LogP contribution in [0.15, 0.2) is 54.7 Å². The van der Waals surface area contributed by atoms with E-state index in [1.54, 1.807) is 17.2 Å². The van der Waals surface area contributed by atoms with Crippen molar-refractivity contribution in [1.82, 2.24) is 4.98 Å². The molecular weight excluding hydrogens is 352 g/mol. The molecule has 0 spiro atoms. The molecule has 2 aromatic carbocycles. The molecule has 0 saturated carbocycles. The zero-order valence-corrected chi connectivity index (χ0v) is 14.2. The van der Waals surface area contributed by atoms with Crippen molar-refractivity contribution < 1.29 is 18.4 Å². The maximum Gasteiger partial charge on any atom is 0.229 e. The highest BCUT2D eigenvalue weighted by atomic mass is 19.2. The fourth-order valence-electron chi connectivity index (χ4n) is 3.24. The largest absolute Gasteiger partial charge is 0.326 e. The summed E-state index contributed by atoms with van der Waals surface area (Å²) < 4.78 is 26.3. The number of carbonyl (C=O) groups excluding carboxylic acids is 2. The number of carbonyl (C=O) groups is 2. The van der Waals surface area contributed by atoms with Gasteiger partial charge in [-0.2, -0.15) is 0 Å². The van der Waals surface area contributed by atoms with Crippen molar-refractivity contribution >= 4 is 34.1 Å². The first-order valence-corrected chi connectivity index (χ1v) is 8.43. The number of para-hydroxylation sites is 1. The van der Waals surface area contributed by atoms with Crippen LogP contribution in [-0.2, 0) is 9.59 Å². The fourth-order valence-corrected chi connectivity index (χ4v) is 3.24. The molecule has 1 atom stereocenters. The Morgan fingerprint density at radius 1 is 1.11 bits per heavy atom. The third kappa shape index (κ3) is 3.23. The number of nitrogens with one attached hydrogen (secondary N) is 1. The molecule has 1 saturated heterocycles. The van der Waals surface area contributed by atoms with Gasteiger partial charge < -0.3 is 10.2 Å². The van der Waals surface area contributed by atoms with Crippen molar-refractivity contribution in [3.63, 3.8) is 0 Å². The predicted molar refractivity (Wildman–Crippen MR) is 97.2 cm³/mol. The third-order valence-corrected chi connectivity index (χ3v) is 4.59. The minimum absolute atomic E-state index is 0.0404. The first-order chi connectivity index (χ1) is 13.0. The molecule has 0 bridgehead atoms. The topological polar surface area (TPSA) is 62.3 Å². The third-order valence-electron chi connectivity index (χ3n) is 4.59. The smallest absolute Gasteiger partial charge is 0.229 e. The zero-order chi connectivity index (χ0) is 19.0. The second kappa shape index (κ2) is 6.75. The van der Waals surface area contributed by atoms with E-state index in [2.05, 4.69) is 10.3 Å². The molecule has 4 rings (SSSR count). The Hall–Kier alpha value is -3.35. The number of amides is 2. The predicted octanol–water partition coefficient (Wildman–Crippen LogP) is 3.50. The molecule has 2 amide bonds. The van der Waals surface area contributed by atoms with Crippen molar-refractivity contribution in [3.05, 3.63) is 66.4 Å². The lowest BCUT2D eigenvalue weighted by atomic mass is 10.1. The number of benzene rings is 2. The number of hydrogen-bond donors (Lipinski definition) is 1. The van der Waals surface area contributed by atoms with Crippen molar-refractivity contribution in [2.45, 2.75) is 6.42 Å². The number of pyridine rings is 1. The summed E-state index contributed by atoms with van der Waals surface area (Å²) >= 11 is 0. The van der Waals surface area contributed by atoms with E-state index in [-0.39, 0.29) is 24.6 Å². The Morgan fingerprint density at radius 3 is 2.74 bits per heavy atom. The Morgan fingerprint density at radius 2 is 1.93 bits per heavy atom. The van der Waals surface area contributed by atoms with Crippen molar-refractivity contribution in [2.24, 2.45) is 5.92 Å². The maximum absolute atomic E-state index is 13.3. The van der Waals surface area contributed by atoms with Gasteiger partial charge in [0, 0.05) is 36.3 Å². The maximum atomic E-state index is 13.3. The van der Waals surface area contributed by atoms with Crippen LogP contribution in [0.4, 0.5) is 20.2 Å². The van der Waals surface area contributed by atoms with Gasteiger partial charge in [-0.1, -0.05) is 18.2 Å². The highest BCUT2D eigenvalue weighted by Gasteiger charge is 2.36. The van der Waals surface area contributed by atoms with Gasteiger partial charge in [0.15, 0.2) is 11.6 Å². The second-order valence-electron chi connectivity index (χ2n) is 6.38. The van der Waals surface area contributed by atoms with Gasteiger partial charge in [-0.25, -0.2) is 8.78 Å². The SMILES string of the molecule is O=C(Nc1ccc(F)c(F)c1)C1CC(=O)N(c2cccc3cccnc23)C1. The van der Waals surface area contributed by atoms with Crippen LogP contribution in [0.5, 0.6) is 0 Å². The number of hydrogen-bond acceptors (Lipinski definition) is 3. The Balaban J connectivity index is 1.55. The number of fused-ring (bicyclic) bond motifs is 1. The van der Waals surface area contributed by atoms with Crippen LogP contribution in [0, 0.1) is 17.6 Å². The molecule has 1 aliphatic heterocycles. The lowest BCUT2D eigenvalue weighted by Gasteiger charge is -2.18. The quantitative estimate of drug-likeness (QED) is 0.771. The summed E-state index contributed by atoms with van der Waals surface area (Å²) in [4.78, 5) is 30.9. The summed E-state index contributed by atoms with van der Waals surface area (Å²) in [7, 11) is 0. The number of nitrogens with zero attached hydrogens (tertiary/aromatic N) is 2. The molecular formula is C20H15F2N3O2. The molecule has 1 aromatic heterocycles. The average Bonchev–Trinajstić information content (AvgIpc) is 3.06. The standard InChI is InChI=1S/C20H15F2N3O2/c21-15-7-6-14(10-16(15)22)24-20(27)13-9-18(26)25(11-13)17-5-1-3-12-4-2-8-23-19(12)17/h1-8,10,13H,9,11H2,(H,24,27). The van der Waals surface area contributed by atoms with Gasteiger partial charge in [0.2, 0.25) is 11.8 Å². The van der Waals surface area contributed by atoms with Crippen LogP contribution in [0.2, 0.25) is 0 Å². The molecule has 0 aliphatic carbocycles. The number of halogens is 2. The molecule has 3 aromatic rings. The summed E-state index contributed by atoms with van der Waals surface area (Å²) in [5.41, 5.74) is 1.49. The van der Waals surface area contributed by atoms with Crippen molar-refractivity contribution in [2.75, 3.05) is 16.8 Å². The van der Waals surface area contributed by atoms with Crippen molar-refractivity contribution in [3.8, 4) is 0 Å². The van der Waals surface area contributed by atoms with Gasteiger partial charge in [-0.3, -0.25) is 14.6 Å². The van der Waals surface area contributed by atoms with Gasteiger partial charge in [0.05, 0.1) is 17.1 Å².